The van der Waals surface area contributed by atoms with E-state index in [-0.39, 0.29) is 22.5 Å². The molecular formula is C18H23NO3. The van der Waals surface area contributed by atoms with Gasteiger partial charge in [0.1, 0.15) is 11.5 Å². The van der Waals surface area contributed by atoms with Gasteiger partial charge >= 0.3 is 0 Å². The number of nitrogens with one attached hydrogen (secondary N) is 1. The maximum absolute atomic E-state index is 13.0. The summed E-state index contributed by atoms with van der Waals surface area (Å²) in [5, 5.41) is 3.00. The Hall–Kier alpha value is -1.84. The number of methoxy groups -OCH3 is 1. The summed E-state index contributed by atoms with van der Waals surface area (Å²) in [5.74, 6) is 0.797. The summed E-state index contributed by atoms with van der Waals surface area (Å²) in [7, 11) is 1.58. The third-order valence-corrected chi connectivity index (χ3v) is 6.50. The van der Waals surface area contributed by atoms with Gasteiger partial charge in [0.25, 0.3) is 0 Å². The Balaban J connectivity index is 1.95. The van der Waals surface area contributed by atoms with Gasteiger partial charge < -0.3 is 10.1 Å². The molecule has 0 unspecified atom stereocenters. The van der Waals surface area contributed by atoms with E-state index in [0.29, 0.717) is 17.9 Å². The molecule has 2 aliphatic rings. The molecule has 1 amide bonds. The van der Waals surface area contributed by atoms with E-state index in [1.165, 1.54) is 0 Å². The maximum atomic E-state index is 13.0. The second kappa shape index (κ2) is 4.58. The van der Waals surface area contributed by atoms with Crippen LogP contribution in [0.2, 0.25) is 0 Å². The van der Waals surface area contributed by atoms with E-state index in [2.05, 4.69) is 19.2 Å². The van der Waals surface area contributed by atoms with E-state index in [9.17, 15) is 9.59 Å². The van der Waals surface area contributed by atoms with Gasteiger partial charge in [-0.25, -0.2) is 0 Å². The third kappa shape index (κ3) is 1.64. The van der Waals surface area contributed by atoms with Crippen LogP contribution >= 0.6 is 0 Å². The molecule has 0 aromatic heterocycles. The first-order valence-corrected chi connectivity index (χ1v) is 7.76. The van der Waals surface area contributed by atoms with Crippen LogP contribution in [0.5, 0.6) is 5.75 Å². The number of rotatable bonds is 3. The minimum atomic E-state index is -0.611. The predicted octanol–water partition coefficient (Wildman–Crippen LogP) is 3.42. The van der Waals surface area contributed by atoms with Crippen LogP contribution in [-0.4, -0.2) is 18.8 Å². The quantitative estimate of drug-likeness (QED) is 0.930. The number of hydrogen-bond acceptors (Lipinski definition) is 3. The SMILES string of the molecule is COc1ccccc1NC(=O)[C@@]12CC[C@@](C)(C(=O)C1)C2(C)C. The summed E-state index contributed by atoms with van der Waals surface area (Å²) in [6.07, 6.45) is 1.90. The molecule has 2 aliphatic carbocycles. The number of para-hydroxylation sites is 2. The van der Waals surface area contributed by atoms with Gasteiger partial charge in [-0.05, 0) is 30.4 Å². The molecule has 1 aromatic rings. The summed E-state index contributed by atoms with van der Waals surface area (Å²) in [5.41, 5.74) is -0.665. The average Bonchev–Trinajstić information content (AvgIpc) is 2.78. The molecule has 1 aromatic carbocycles. The van der Waals surface area contributed by atoms with Crippen molar-refractivity contribution in [3.8, 4) is 5.75 Å². The number of hydrogen-bond donors (Lipinski definition) is 1. The number of anilines is 1. The van der Waals surface area contributed by atoms with Crippen LogP contribution < -0.4 is 10.1 Å². The van der Waals surface area contributed by atoms with Gasteiger partial charge in [0.15, 0.2) is 0 Å². The van der Waals surface area contributed by atoms with Crippen molar-refractivity contribution in [2.45, 2.75) is 40.0 Å². The molecule has 22 heavy (non-hydrogen) atoms. The van der Waals surface area contributed by atoms with Gasteiger partial charge in [-0.1, -0.05) is 32.9 Å². The minimum Gasteiger partial charge on any atom is -0.495 e. The maximum Gasteiger partial charge on any atom is 0.231 e. The molecule has 2 fully saturated rings. The molecule has 4 heteroatoms. The van der Waals surface area contributed by atoms with Crippen LogP contribution in [-0.2, 0) is 9.59 Å². The Labute approximate surface area is 131 Å². The van der Waals surface area contributed by atoms with Crippen LogP contribution in [0.3, 0.4) is 0 Å². The normalized spacial score (nSPS) is 32.1. The standard InChI is InChI=1S/C18H23NO3/c1-16(2)17(3)9-10-18(16,11-14(17)20)15(21)19-12-7-5-6-8-13(12)22-4/h5-8H,9-11H2,1-4H3,(H,19,21)/t17-,18+/m0/s1. The van der Waals surface area contributed by atoms with Crippen molar-refractivity contribution in [2.75, 3.05) is 12.4 Å². The molecule has 0 radical (unpaired) electrons. The highest BCUT2D eigenvalue weighted by Gasteiger charge is 2.72. The molecule has 3 rings (SSSR count). The van der Waals surface area contributed by atoms with Crippen LogP contribution in [0.15, 0.2) is 24.3 Å². The number of carbonyl (C=O) groups excluding carboxylic acids is 2. The van der Waals surface area contributed by atoms with E-state index < -0.39 is 5.41 Å². The molecule has 2 saturated carbocycles. The molecule has 0 heterocycles. The van der Waals surface area contributed by atoms with Gasteiger partial charge in [0, 0.05) is 11.8 Å². The average molecular weight is 301 g/mol. The highest BCUT2D eigenvalue weighted by molar-refractivity contribution is 6.05. The lowest BCUT2D eigenvalue weighted by molar-refractivity contribution is -0.131. The lowest BCUT2D eigenvalue weighted by Gasteiger charge is -2.38. The summed E-state index contributed by atoms with van der Waals surface area (Å²) in [6.45, 7) is 6.14. The first-order chi connectivity index (χ1) is 10.3. The summed E-state index contributed by atoms with van der Waals surface area (Å²) in [6, 6.07) is 7.37. The van der Waals surface area contributed by atoms with Gasteiger partial charge in [0.05, 0.1) is 18.2 Å². The number of benzene rings is 1. The zero-order valence-corrected chi connectivity index (χ0v) is 13.7. The van der Waals surface area contributed by atoms with Gasteiger partial charge in [-0.3, -0.25) is 9.59 Å². The summed E-state index contributed by atoms with van der Waals surface area (Å²) >= 11 is 0. The van der Waals surface area contributed by atoms with Crippen LogP contribution in [0.4, 0.5) is 5.69 Å². The number of amides is 1. The molecule has 0 saturated heterocycles. The first-order valence-electron chi connectivity index (χ1n) is 7.76. The molecule has 2 bridgehead atoms. The minimum absolute atomic E-state index is 0.0587. The van der Waals surface area contributed by atoms with Gasteiger partial charge in [0.2, 0.25) is 5.91 Å². The molecule has 1 N–H and O–H groups in total. The van der Waals surface area contributed by atoms with Crippen molar-refractivity contribution >= 4 is 17.4 Å². The van der Waals surface area contributed by atoms with E-state index in [0.717, 1.165) is 12.8 Å². The molecule has 4 nitrogen and oxygen atoms in total. The van der Waals surface area contributed by atoms with Crippen molar-refractivity contribution < 1.29 is 14.3 Å². The first kappa shape index (κ1) is 15.1. The fourth-order valence-corrected chi connectivity index (χ4v) is 4.35. The summed E-state index contributed by atoms with van der Waals surface area (Å²) in [4.78, 5) is 25.5. The lowest BCUT2D eigenvalue weighted by Crippen LogP contribution is -2.43. The zero-order chi connectivity index (χ0) is 16.2. The molecule has 2 atom stereocenters. The smallest absolute Gasteiger partial charge is 0.231 e. The molecule has 0 aliphatic heterocycles. The molecule has 0 spiro atoms. The Kier molecular flexibility index (Phi) is 3.13. The fraction of sp³-hybridized carbons (Fsp3) is 0.556. The molecular weight excluding hydrogens is 278 g/mol. The fourth-order valence-electron chi connectivity index (χ4n) is 4.35. The Bertz CT molecular complexity index is 651. The van der Waals surface area contributed by atoms with E-state index in [4.69, 9.17) is 4.74 Å². The number of ketones is 1. The highest BCUT2D eigenvalue weighted by Crippen LogP contribution is 2.70. The number of ether oxygens (including phenoxy) is 1. The largest absolute Gasteiger partial charge is 0.495 e. The van der Waals surface area contributed by atoms with E-state index in [1.54, 1.807) is 7.11 Å². The van der Waals surface area contributed by atoms with Crippen molar-refractivity contribution in [3.05, 3.63) is 24.3 Å². The number of Topliss-reactive ketones (excluding diaryl/α,β-unsaturated/α-hetero) is 1. The van der Waals surface area contributed by atoms with Crippen LogP contribution in [0, 0.1) is 16.2 Å². The van der Waals surface area contributed by atoms with Crippen LogP contribution in [0.1, 0.15) is 40.0 Å². The van der Waals surface area contributed by atoms with Gasteiger partial charge in [-0.15, -0.1) is 0 Å². The Morgan fingerprint density at radius 2 is 1.86 bits per heavy atom. The number of carbonyl (C=O) groups is 2. The predicted molar refractivity (Wildman–Crippen MR) is 84.8 cm³/mol. The number of fused-ring (bicyclic) bond motifs is 2. The highest BCUT2D eigenvalue weighted by atomic mass is 16.5. The lowest BCUT2D eigenvalue weighted by atomic mass is 9.64. The Morgan fingerprint density at radius 3 is 2.41 bits per heavy atom. The second-order valence-electron chi connectivity index (χ2n) is 7.29. The second-order valence-corrected chi connectivity index (χ2v) is 7.29. The monoisotopic (exact) mass is 301 g/mol. The van der Waals surface area contributed by atoms with Crippen molar-refractivity contribution in [1.29, 1.82) is 0 Å². The van der Waals surface area contributed by atoms with Gasteiger partial charge in [-0.2, -0.15) is 0 Å². The van der Waals surface area contributed by atoms with Crippen LogP contribution in [0.25, 0.3) is 0 Å². The third-order valence-electron chi connectivity index (χ3n) is 6.50. The van der Waals surface area contributed by atoms with Crippen molar-refractivity contribution in [2.24, 2.45) is 16.2 Å². The zero-order valence-electron chi connectivity index (χ0n) is 13.7. The molecule has 118 valence electrons. The Morgan fingerprint density at radius 1 is 1.18 bits per heavy atom. The van der Waals surface area contributed by atoms with E-state index >= 15 is 0 Å². The van der Waals surface area contributed by atoms with E-state index in [1.807, 2.05) is 31.2 Å². The van der Waals surface area contributed by atoms with Crippen molar-refractivity contribution in [1.82, 2.24) is 0 Å². The van der Waals surface area contributed by atoms with Crippen molar-refractivity contribution in [3.63, 3.8) is 0 Å². The topological polar surface area (TPSA) is 55.4 Å². The summed E-state index contributed by atoms with van der Waals surface area (Å²) < 4.78 is 5.30.